The molecule has 0 heterocycles. The van der Waals surface area contributed by atoms with Gasteiger partial charge in [0, 0.05) is 6.61 Å². The molecule has 11 heavy (non-hydrogen) atoms. The zero-order valence-corrected chi connectivity index (χ0v) is 8.14. The van der Waals surface area contributed by atoms with E-state index in [2.05, 4.69) is 20.8 Å². The molecule has 68 valence electrons. The van der Waals surface area contributed by atoms with Crippen molar-refractivity contribution in [1.82, 2.24) is 0 Å². The number of aliphatic hydroxyl groups excluding tert-OH is 1. The minimum atomic E-state index is 0.370. The monoisotopic (exact) mass is 158 g/mol. The van der Waals surface area contributed by atoms with E-state index in [0.29, 0.717) is 12.5 Å². The van der Waals surface area contributed by atoms with Gasteiger partial charge < -0.3 is 5.11 Å². The van der Waals surface area contributed by atoms with Gasteiger partial charge in [-0.1, -0.05) is 46.5 Å². The zero-order chi connectivity index (χ0) is 8.69. The molecule has 2 atom stereocenters. The van der Waals surface area contributed by atoms with E-state index in [-0.39, 0.29) is 0 Å². The minimum absolute atomic E-state index is 0.370. The summed E-state index contributed by atoms with van der Waals surface area (Å²) in [5.74, 6) is 1.29. The first-order valence-corrected chi connectivity index (χ1v) is 4.90. The van der Waals surface area contributed by atoms with E-state index in [9.17, 15) is 0 Å². The molecule has 0 amide bonds. The average Bonchev–Trinajstić information content (AvgIpc) is 2.05. The van der Waals surface area contributed by atoms with Crippen LogP contribution in [-0.2, 0) is 0 Å². The highest BCUT2D eigenvalue weighted by molar-refractivity contribution is 4.66. The van der Waals surface area contributed by atoms with Crippen LogP contribution in [-0.4, -0.2) is 11.7 Å². The number of hydrogen-bond donors (Lipinski definition) is 1. The van der Waals surface area contributed by atoms with Crippen LogP contribution in [0.4, 0.5) is 0 Å². The van der Waals surface area contributed by atoms with Gasteiger partial charge in [0.1, 0.15) is 0 Å². The molecule has 1 unspecified atom stereocenters. The van der Waals surface area contributed by atoms with E-state index < -0.39 is 0 Å². The van der Waals surface area contributed by atoms with Crippen LogP contribution in [0.2, 0.25) is 0 Å². The van der Waals surface area contributed by atoms with Crippen LogP contribution < -0.4 is 0 Å². The third kappa shape index (κ3) is 3.76. The van der Waals surface area contributed by atoms with Gasteiger partial charge in [0.15, 0.2) is 0 Å². The van der Waals surface area contributed by atoms with E-state index in [0.717, 1.165) is 12.3 Å². The predicted octanol–water partition coefficient (Wildman–Crippen LogP) is 2.83. The maximum Gasteiger partial charge on any atom is 0.0461 e. The van der Waals surface area contributed by atoms with Crippen molar-refractivity contribution in [1.29, 1.82) is 0 Å². The Hall–Kier alpha value is -0.0400. The normalized spacial score (nSPS) is 16.4. The third-order valence-electron chi connectivity index (χ3n) is 2.61. The van der Waals surface area contributed by atoms with Gasteiger partial charge in [-0.05, 0) is 11.8 Å². The Morgan fingerprint density at radius 1 is 1.00 bits per heavy atom. The van der Waals surface area contributed by atoms with Gasteiger partial charge in [-0.2, -0.15) is 0 Å². The molecule has 0 aliphatic rings. The third-order valence-corrected chi connectivity index (χ3v) is 2.61. The van der Waals surface area contributed by atoms with Gasteiger partial charge in [-0.3, -0.25) is 0 Å². The van der Waals surface area contributed by atoms with Crippen LogP contribution in [0.1, 0.15) is 46.5 Å². The van der Waals surface area contributed by atoms with Crippen molar-refractivity contribution in [2.24, 2.45) is 11.8 Å². The molecule has 0 aromatic carbocycles. The fourth-order valence-corrected chi connectivity index (χ4v) is 1.76. The largest absolute Gasteiger partial charge is 0.396 e. The summed E-state index contributed by atoms with van der Waals surface area (Å²) in [6.07, 6.45) is 4.85. The zero-order valence-electron chi connectivity index (χ0n) is 8.14. The summed E-state index contributed by atoms with van der Waals surface area (Å²) in [6.45, 7) is 6.97. The fraction of sp³-hybridized carbons (Fsp3) is 1.00. The number of rotatable bonds is 6. The van der Waals surface area contributed by atoms with Gasteiger partial charge in [-0.15, -0.1) is 0 Å². The maximum atomic E-state index is 9.05. The van der Waals surface area contributed by atoms with E-state index in [1.54, 1.807) is 0 Å². The molecule has 0 spiro atoms. The van der Waals surface area contributed by atoms with Crippen LogP contribution in [0.3, 0.4) is 0 Å². The Kier molecular flexibility index (Phi) is 6.63. The van der Waals surface area contributed by atoms with Crippen molar-refractivity contribution in [3.63, 3.8) is 0 Å². The molecule has 0 aromatic rings. The van der Waals surface area contributed by atoms with Gasteiger partial charge >= 0.3 is 0 Å². The van der Waals surface area contributed by atoms with E-state index in [1.807, 2.05) is 0 Å². The predicted molar refractivity (Wildman–Crippen MR) is 49.6 cm³/mol. The van der Waals surface area contributed by atoms with Gasteiger partial charge in [0.25, 0.3) is 0 Å². The van der Waals surface area contributed by atoms with Crippen LogP contribution in [0.15, 0.2) is 0 Å². The summed E-state index contributed by atoms with van der Waals surface area (Å²) < 4.78 is 0. The highest BCUT2D eigenvalue weighted by atomic mass is 16.3. The summed E-state index contributed by atoms with van der Waals surface area (Å²) in [4.78, 5) is 0. The molecule has 0 saturated heterocycles. The Morgan fingerprint density at radius 3 is 1.82 bits per heavy atom. The molecule has 1 N–H and O–H groups in total. The lowest BCUT2D eigenvalue weighted by Gasteiger charge is -2.22. The maximum absolute atomic E-state index is 9.05. The van der Waals surface area contributed by atoms with Crippen LogP contribution >= 0.6 is 0 Å². The van der Waals surface area contributed by atoms with Crippen molar-refractivity contribution in [2.45, 2.75) is 46.5 Å². The van der Waals surface area contributed by atoms with Crippen molar-refractivity contribution < 1.29 is 5.11 Å². The molecule has 1 nitrogen and oxygen atoms in total. The van der Waals surface area contributed by atoms with Crippen LogP contribution in [0, 0.1) is 11.8 Å². The Balaban J connectivity index is 3.76. The lowest BCUT2D eigenvalue weighted by molar-refractivity contribution is 0.161. The van der Waals surface area contributed by atoms with Crippen LogP contribution in [0.5, 0.6) is 0 Å². The SMILES string of the molecule is CCCC(CC)[C@@H](CC)CO. The first-order chi connectivity index (χ1) is 5.29. The lowest BCUT2D eigenvalue weighted by Crippen LogP contribution is -2.16. The molecular formula is C10H22O. The molecule has 0 rings (SSSR count). The number of hydrogen-bond acceptors (Lipinski definition) is 1. The van der Waals surface area contributed by atoms with Crippen molar-refractivity contribution in [2.75, 3.05) is 6.61 Å². The first-order valence-electron chi connectivity index (χ1n) is 4.90. The minimum Gasteiger partial charge on any atom is -0.396 e. The quantitative estimate of drug-likeness (QED) is 0.630. The van der Waals surface area contributed by atoms with Gasteiger partial charge in [0.2, 0.25) is 0 Å². The van der Waals surface area contributed by atoms with E-state index >= 15 is 0 Å². The second-order valence-corrected chi connectivity index (χ2v) is 3.31. The second-order valence-electron chi connectivity index (χ2n) is 3.31. The van der Waals surface area contributed by atoms with E-state index in [4.69, 9.17) is 5.11 Å². The average molecular weight is 158 g/mol. The summed E-state index contributed by atoms with van der Waals surface area (Å²) in [6, 6.07) is 0. The topological polar surface area (TPSA) is 20.2 Å². The van der Waals surface area contributed by atoms with Crippen LogP contribution in [0.25, 0.3) is 0 Å². The van der Waals surface area contributed by atoms with Crippen molar-refractivity contribution >= 4 is 0 Å². The molecular weight excluding hydrogens is 136 g/mol. The Morgan fingerprint density at radius 2 is 1.55 bits per heavy atom. The fourth-order valence-electron chi connectivity index (χ4n) is 1.76. The summed E-state index contributed by atoms with van der Waals surface area (Å²) in [5, 5.41) is 9.05. The molecule has 0 fully saturated rings. The Labute approximate surface area is 70.8 Å². The molecule has 0 aliphatic heterocycles. The molecule has 0 radical (unpaired) electrons. The van der Waals surface area contributed by atoms with Gasteiger partial charge in [-0.25, -0.2) is 0 Å². The highest BCUT2D eigenvalue weighted by Crippen LogP contribution is 2.23. The van der Waals surface area contributed by atoms with Gasteiger partial charge in [0.05, 0.1) is 0 Å². The number of aliphatic hydroxyl groups is 1. The molecule has 0 bridgehead atoms. The second kappa shape index (κ2) is 6.66. The van der Waals surface area contributed by atoms with Crippen molar-refractivity contribution in [3.05, 3.63) is 0 Å². The Bertz CT molecular complexity index is 76.9. The summed E-state index contributed by atoms with van der Waals surface area (Å²) in [7, 11) is 0. The standard InChI is InChI=1S/C10H22O/c1-4-7-9(5-2)10(6-3)8-11/h9-11H,4-8H2,1-3H3/t9?,10-/m0/s1. The molecule has 0 aromatic heterocycles. The first kappa shape index (κ1) is 11.0. The van der Waals surface area contributed by atoms with Crippen molar-refractivity contribution in [3.8, 4) is 0 Å². The highest BCUT2D eigenvalue weighted by Gasteiger charge is 2.15. The molecule has 1 heteroatoms. The smallest absolute Gasteiger partial charge is 0.0461 e. The molecule has 0 saturated carbocycles. The summed E-state index contributed by atoms with van der Waals surface area (Å²) in [5.41, 5.74) is 0. The summed E-state index contributed by atoms with van der Waals surface area (Å²) >= 11 is 0. The lowest BCUT2D eigenvalue weighted by atomic mass is 9.85. The van der Waals surface area contributed by atoms with E-state index in [1.165, 1.54) is 19.3 Å². The molecule has 0 aliphatic carbocycles.